The first-order valence-electron chi connectivity index (χ1n) is 8.43. The zero-order valence-corrected chi connectivity index (χ0v) is 14.7. The van der Waals surface area contributed by atoms with Gasteiger partial charge in [-0.05, 0) is 58.4 Å². The highest BCUT2D eigenvalue weighted by atomic mass is 16.6. The summed E-state index contributed by atoms with van der Waals surface area (Å²) < 4.78 is 5.59. The van der Waals surface area contributed by atoms with Gasteiger partial charge in [-0.25, -0.2) is 4.79 Å². The Hall–Kier alpha value is -0.810. The molecule has 2 aliphatic heterocycles. The Kier molecular flexibility index (Phi) is 4.79. The van der Waals surface area contributed by atoms with Crippen LogP contribution in [0.5, 0.6) is 0 Å². The van der Waals surface area contributed by atoms with Crippen LogP contribution in [0.3, 0.4) is 0 Å². The molecule has 2 unspecified atom stereocenters. The Balaban J connectivity index is 2.10. The van der Waals surface area contributed by atoms with Crippen LogP contribution < -0.4 is 5.32 Å². The summed E-state index contributed by atoms with van der Waals surface area (Å²) in [6, 6.07) is 0.0628. The number of rotatable bonds is 2. The number of nitrogens with one attached hydrogen (secondary N) is 1. The smallest absolute Gasteiger partial charge is 0.410 e. The maximum atomic E-state index is 12.6. The van der Waals surface area contributed by atoms with Gasteiger partial charge in [0.1, 0.15) is 5.60 Å². The average Bonchev–Trinajstić information content (AvgIpc) is 2.76. The molecular weight excluding hydrogens is 280 g/mol. The van der Waals surface area contributed by atoms with E-state index >= 15 is 0 Å². The van der Waals surface area contributed by atoms with Gasteiger partial charge in [0.25, 0.3) is 0 Å². The van der Waals surface area contributed by atoms with Crippen molar-refractivity contribution < 1.29 is 14.6 Å². The van der Waals surface area contributed by atoms with Gasteiger partial charge in [0.05, 0.1) is 5.60 Å². The molecule has 0 aromatic heterocycles. The third kappa shape index (κ3) is 4.59. The normalized spacial score (nSPS) is 32.1. The van der Waals surface area contributed by atoms with Gasteiger partial charge in [0, 0.05) is 19.1 Å². The second kappa shape index (κ2) is 6.00. The molecular formula is C17H32N2O3. The van der Waals surface area contributed by atoms with Gasteiger partial charge < -0.3 is 20.1 Å². The maximum absolute atomic E-state index is 12.6. The van der Waals surface area contributed by atoms with Crippen molar-refractivity contribution in [3.05, 3.63) is 0 Å². The number of nitrogens with zero attached hydrogens (tertiary/aromatic N) is 1. The SMILES string of the molecule is CC1(C)CCC(CC2(O)CCNC2)N(C(=O)OC(C)(C)C)C1. The number of carbonyl (C=O) groups is 1. The van der Waals surface area contributed by atoms with E-state index in [1.165, 1.54) is 0 Å². The molecule has 0 aliphatic carbocycles. The van der Waals surface area contributed by atoms with E-state index in [2.05, 4.69) is 19.2 Å². The molecule has 2 heterocycles. The zero-order chi connectivity index (χ0) is 16.6. The molecule has 0 bridgehead atoms. The van der Waals surface area contributed by atoms with Gasteiger partial charge in [-0.1, -0.05) is 13.8 Å². The minimum absolute atomic E-state index is 0.0628. The van der Waals surface area contributed by atoms with E-state index in [-0.39, 0.29) is 17.6 Å². The molecule has 22 heavy (non-hydrogen) atoms. The third-order valence-electron chi connectivity index (χ3n) is 4.66. The summed E-state index contributed by atoms with van der Waals surface area (Å²) >= 11 is 0. The first kappa shape index (κ1) is 17.5. The van der Waals surface area contributed by atoms with E-state index in [1.54, 1.807) is 0 Å². The van der Waals surface area contributed by atoms with Gasteiger partial charge in [0.2, 0.25) is 0 Å². The Morgan fingerprint density at radius 2 is 2.05 bits per heavy atom. The Morgan fingerprint density at radius 3 is 2.59 bits per heavy atom. The van der Waals surface area contributed by atoms with Gasteiger partial charge in [-0.3, -0.25) is 0 Å². The van der Waals surface area contributed by atoms with Crippen LogP contribution in [-0.4, -0.2) is 53.0 Å². The topological polar surface area (TPSA) is 61.8 Å². The lowest BCUT2D eigenvalue weighted by atomic mass is 9.78. The third-order valence-corrected chi connectivity index (χ3v) is 4.66. The minimum Gasteiger partial charge on any atom is -0.444 e. The molecule has 0 aromatic carbocycles. The van der Waals surface area contributed by atoms with E-state index < -0.39 is 11.2 Å². The maximum Gasteiger partial charge on any atom is 0.410 e. The van der Waals surface area contributed by atoms with Gasteiger partial charge in [-0.2, -0.15) is 0 Å². The number of hydrogen-bond acceptors (Lipinski definition) is 4. The number of carbonyl (C=O) groups excluding carboxylic acids is 1. The number of aliphatic hydroxyl groups is 1. The summed E-state index contributed by atoms with van der Waals surface area (Å²) in [4.78, 5) is 14.4. The molecule has 2 atom stereocenters. The fourth-order valence-corrected chi connectivity index (χ4v) is 3.47. The Labute approximate surface area is 134 Å². The van der Waals surface area contributed by atoms with Crippen molar-refractivity contribution in [2.45, 2.75) is 77.5 Å². The van der Waals surface area contributed by atoms with Crippen LogP contribution in [0.2, 0.25) is 0 Å². The predicted octanol–water partition coefficient (Wildman–Crippen LogP) is 2.53. The number of hydrogen-bond donors (Lipinski definition) is 2. The molecule has 2 N–H and O–H groups in total. The van der Waals surface area contributed by atoms with Crippen molar-refractivity contribution in [1.29, 1.82) is 0 Å². The zero-order valence-electron chi connectivity index (χ0n) is 14.7. The summed E-state index contributed by atoms with van der Waals surface area (Å²) in [7, 11) is 0. The molecule has 1 amide bonds. The van der Waals surface area contributed by atoms with Gasteiger partial charge in [0.15, 0.2) is 0 Å². The monoisotopic (exact) mass is 312 g/mol. The largest absolute Gasteiger partial charge is 0.444 e. The lowest BCUT2D eigenvalue weighted by molar-refractivity contribution is -0.0321. The molecule has 5 heteroatoms. The summed E-state index contributed by atoms with van der Waals surface area (Å²) in [6.07, 6.45) is 3.14. The minimum atomic E-state index is -0.688. The lowest BCUT2D eigenvalue weighted by Crippen LogP contribution is -2.54. The van der Waals surface area contributed by atoms with Crippen molar-refractivity contribution in [2.75, 3.05) is 19.6 Å². The molecule has 2 saturated heterocycles. The number of piperidine rings is 1. The number of β-amino-alcohol motifs (C(OH)–C–C–N with tert-alkyl or cyclic N) is 1. The highest BCUT2D eigenvalue weighted by Gasteiger charge is 2.42. The highest BCUT2D eigenvalue weighted by Crippen LogP contribution is 2.36. The molecule has 0 aromatic rings. The summed E-state index contributed by atoms with van der Waals surface area (Å²) in [6.45, 7) is 12.2. The van der Waals surface area contributed by atoms with E-state index in [1.807, 2.05) is 25.7 Å². The molecule has 128 valence electrons. The van der Waals surface area contributed by atoms with Crippen molar-refractivity contribution >= 4 is 6.09 Å². The van der Waals surface area contributed by atoms with Crippen LogP contribution in [0.1, 0.15) is 60.3 Å². The van der Waals surface area contributed by atoms with E-state index in [9.17, 15) is 9.90 Å². The van der Waals surface area contributed by atoms with E-state index in [0.717, 1.165) is 25.8 Å². The Morgan fingerprint density at radius 1 is 1.36 bits per heavy atom. The number of amides is 1. The van der Waals surface area contributed by atoms with Crippen LogP contribution in [0.25, 0.3) is 0 Å². The average molecular weight is 312 g/mol. The summed E-state index contributed by atoms with van der Waals surface area (Å²) in [5.74, 6) is 0. The number of ether oxygens (including phenoxy) is 1. The van der Waals surface area contributed by atoms with E-state index in [4.69, 9.17) is 4.74 Å². The fraction of sp³-hybridized carbons (Fsp3) is 0.941. The van der Waals surface area contributed by atoms with E-state index in [0.29, 0.717) is 19.5 Å². The second-order valence-electron chi connectivity index (χ2n) is 8.82. The first-order chi connectivity index (χ1) is 10.00. The summed E-state index contributed by atoms with van der Waals surface area (Å²) in [5, 5.41) is 13.9. The molecule has 5 nitrogen and oxygen atoms in total. The van der Waals surface area contributed by atoms with Gasteiger partial charge >= 0.3 is 6.09 Å². The van der Waals surface area contributed by atoms with Crippen LogP contribution in [0, 0.1) is 5.41 Å². The molecule has 0 radical (unpaired) electrons. The van der Waals surface area contributed by atoms with Crippen LogP contribution in [0.15, 0.2) is 0 Å². The first-order valence-corrected chi connectivity index (χ1v) is 8.43. The molecule has 2 rings (SSSR count). The number of likely N-dealkylation sites (tertiary alicyclic amines) is 1. The highest BCUT2D eigenvalue weighted by molar-refractivity contribution is 5.68. The molecule has 2 aliphatic rings. The van der Waals surface area contributed by atoms with Crippen molar-refractivity contribution in [3.8, 4) is 0 Å². The molecule has 0 saturated carbocycles. The molecule has 0 spiro atoms. The fourth-order valence-electron chi connectivity index (χ4n) is 3.47. The Bertz CT molecular complexity index is 409. The van der Waals surface area contributed by atoms with Crippen molar-refractivity contribution in [3.63, 3.8) is 0 Å². The lowest BCUT2D eigenvalue weighted by Gasteiger charge is -2.45. The van der Waals surface area contributed by atoms with Gasteiger partial charge in [-0.15, -0.1) is 0 Å². The quantitative estimate of drug-likeness (QED) is 0.822. The second-order valence-corrected chi connectivity index (χ2v) is 8.82. The van der Waals surface area contributed by atoms with Crippen LogP contribution in [-0.2, 0) is 4.74 Å². The van der Waals surface area contributed by atoms with Crippen molar-refractivity contribution in [2.24, 2.45) is 5.41 Å². The predicted molar refractivity (Wildman–Crippen MR) is 86.8 cm³/mol. The standard InChI is InChI=1S/C17H32N2O3/c1-15(2,3)22-14(20)19-12-16(4,5)7-6-13(19)10-17(21)8-9-18-11-17/h13,18,21H,6-12H2,1-5H3. The van der Waals surface area contributed by atoms with Crippen LogP contribution in [0.4, 0.5) is 4.79 Å². The summed E-state index contributed by atoms with van der Waals surface area (Å²) in [5.41, 5.74) is -1.08. The van der Waals surface area contributed by atoms with Crippen molar-refractivity contribution in [1.82, 2.24) is 10.2 Å². The van der Waals surface area contributed by atoms with Crippen LogP contribution >= 0.6 is 0 Å². The molecule has 2 fully saturated rings.